The van der Waals surface area contributed by atoms with E-state index in [0.29, 0.717) is 12.8 Å². The van der Waals surface area contributed by atoms with Crippen LogP contribution in [-0.4, -0.2) is 27.7 Å². The maximum absolute atomic E-state index is 11.2. The van der Waals surface area contributed by atoms with E-state index < -0.39 is 17.5 Å². The fourth-order valence-electron chi connectivity index (χ4n) is 2.62. The van der Waals surface area contributed by atoms with E-state index >= 15 is 0 Å². The van der Waals surface area contributed by atoms with Crippen molar-refractivity contribution in [2.75, 3.05) is 0 Å². The highest BCUT2D eigenvalue weighted by atomic mass is 16.4. The first kappa shape index (κ1) is 14.0. The van der Waals surface area contributed by atoms with E-state index in [-0.39, 0.29) is 12.3 Å². The summed E-state index contributed by atoms with van der Waals surface area (Å²) in [4.78, 5) is 21.6. The second-order valence-corrected chi connectivity index (χ2v) is 4.93. The molecule has 0 radical (unpaired) electrons. The van der Waals surface area contributed by atoms with Crippen LogP contribution in [0.4, 0.5) is 0 Å². The summed E-state index contributed by atoms with van der Waals surface area (Å²) in [7, 11) is 0. The van der Waals surface area contributed by atoms with Crippen LogP contribution in [0.3, 0.4) is 0 Å². The van der Waals surface area contributed by atoms with E-state index in [0.717, 1.165) is 32.1 Å². The Morgan fingerprint density at radius 3 is 2.53 bits per heavy atom. The molecule has 0 aliphatic heterocycles. The molecular weight excluding hydrogens is 222 g/mol. The van der Waals surface area contributed by atoms with Gasteiger partial charge < -0.3 is 15.9 Å². The normalized spacial score (nSPS) is 28.9. The third-order valence-corrected chi connectivity index (χ3v) is 3.71. The average Bonchev–Trinajstić information content (AvgIpc) is 2.26. The molecule has 17 heavy (non-hydrogen) atoms. The molecule has 2 unspecified atom stereocenters. The summed E-state index contributed by atoms with van der Waals surface area (Å²) in [6.45, 7) is 0. The summed E-state index contributed by atoms with van der Waals surface area (Å²) in [6, 6.07) is 0. The molecule has 0 spiro atoms. The Kier molecular flexibility index (Phi) is 4.93. The SMILES string of the molecule is NC1(C(=O)O)CCCCC1CCCCC(=O)O. The molecule has 5 nitrogen and oxygen atoms in total. The van der Waals surface area contributed by atoms with E-state index in [1.54, 1.807) is 0 Å². The van der Waals surface area contributed by atoms with Gasteiger partial charge in [-0.1, -0.05) is 19.3 Å². The predicted octanol–water partition coefficient (Wildman–Crippen LogP) is 1.60. The number of carboxylic acids is 2. The minimum Gasteiger partial charge on any atom is -0.481 e. The van der Waals surface area contributed by atoms with Gasteiger partial charge in [-0.25, -0.2) is 0 Å². The Morgan fingerprint density at radius 2 is 1.94 bits per heavy atom. The number of aliphatic carboxylic acids is 2. The summed E-state index contributed by atoms with van der Waals surface area (Å²) in [5, 5.41) is 17.7. The van der Waals surface area contributed by atoms with Gasteiger partial charge in [-0.15, -0.1) is 0 Å². The molecule has 5 heteroatoms. The number of hydrogen-bond donors (Lipinski definition) is 3. The van der Waals surface area contributed by atoms with Gasteiger partial charge in [-0.3, -0.25) is 9.59 Å². The molecule has 4 N–H and O–H groups in total. The average molecular weight is 243 g/mol. The van der Waals surface area contributed by atoms with Crippen molar-refractivity contribution in [1.29, 1.82) is 0 Å². The largest absolute Gasteiger partial charge is 0.481 e. The zero-order chi connectivity index (χ0) is 12.9. The van der Waals surface area contributed by atoms with E-state index in [4.69, 9.17) is 10.8 Å². The fraction of sp³-hybridized carbons (Fsp3) is 0.833. The third kappa shape index (κ3) is 3.70. The van der Waals surface area contributed by atoms with Gasteiger partial charge in [0.15, 0.2) is 0 Å². The van der Waals surface area contributed by atoms with Crippen LogP contribution in [0, 0.1) is 5.92 Å². The minimum atomic E-state index is -1.10. The summed E-state index contributed by atoms with van der Waals surface area (Å²) in [5.74, 6) is -1.73. The van der Waals surface area contributed by atoms with Crippen LogP contribution < -0.4 is 5.73 Å². The van der Waals surface area contributed by atoms with Gasteiger partial charge >= 0.3 is 11.9 Å². The molecule has 1 aliphatic rings. The molecule has 1 fully saturated rings. The number of carboxylic acid groups (broad SMARTS) is 2. The van der Waals surface area contributed by atoms with Gasteiger partial charge in [-0.2, -0.15) is 0 Å². The molecule has 1 saturated carbocycles. The van der Waals surface area contributed by atoms with Gasteiger partial charge in [0.2, 0.25) is 0 Å². The van der Waals surface area contributed by atoms with Crippen molar-refractivity contribution in [2.24, 2.45) is 11.7 Å². The quantitative estimate of drug-likeness (QED) is 0.615. The third-order valence-electron chi connectivity index (χ3n) is 3.71. The van der Waals surface area contributed by atoms with E-state index in [2.05, 4.69) is 0 Å². The molecule has 0 saturated heterocycles. The van der Waals surface area contributed by atoms with Crippen LogP contribution in [-0.2, 0) is 9.59 Å². The molecular formula is C12H21NO4. The number of unbranched alkanes of at least 4 members (excludes halogenated alkanes) is 1. The molecule has 0 bridgehead atoms. The van der Waals surface area contributed by atoms with Gasteiger partial charge in [0.25, 0.3) is 0 Å². The summed E-state index contributed by atoms with van der Waals surface area (Å²) in [6.07, 6.45) is 5.48. The van der Waals surface area contributed by atoms with Gasteiger partial charge in [0.1, 0.15) is 5.54 Å². The van der Waals surface area contributed by atoms with Crippen molar-refractivity contribution in [3.05, 3.63) is 0 Å². The van der Waals surface area contributed by atoms with Crippen molar-refractivity contribution in [2.45, 2.75) is 56.9 Å². The molecule has 98 valence electrons. The van der Waals surface area contributed by atoms with E-state index in [1.807, 2.05) is 0 Å². The Hall–Kier alpha value is -1.10. The minimum absolute atomic E-state index is 0.0115. The summed E-state index contributed by atoms with van der Waals surface area (Å²) in [5.41, 5.74) is 4.88. The molecule has 1 rings (SSSR count). The van der Waals surface area contributed by atoms with Crippen LogP contribution in [0.15, 0.2) is 0 Å². The van der Waals surface area contributed by atoms with Crippen molar-refractivity contribution >= 4 is 11.9 Å². The van der Waals surface area contributed by atoms with Crippen molar-refractivity contribution in [3.63, 3.8) is 0 Å². The van der Waals surface area contributed by atoms with Crippen molar-refractivity contribution in [1.82, 2.24) is 0 Å². The molecule has 0 amide bonds. The van der Waals surface area contributed by atoms with Crippen LogP contribution in [0.25, 0.3) is 0 Å². The second-order valence-electron chi connectivity index (χ2n) is 4.93. The Morgan fingerprint density at radius 1 is 1.24 bits per heavy atom. The van der Waals surface area contributed by atoms with Crippen LogP contribution in [0.5, 0.6) is 0 Å². The number of rotatable bonds is 6. The zero-order valence-electron chi connectivity index (χ0n) is 10.0. The maximum atomic E-state index is 11.2. The highest BCUT2D eigenvalue weighted by Crippen LogP contribution is 2.35. The first-order valence-electron chi connectivity index (χ1n) is 6.21. The lowest BCUT2D eigenvalue weighted by Crippen LogP contribution is -2.55. The first-order valence-corrected chi connectivity index (χ1v) is 6.21. The van der Waals surface area contributed by atoms with Crippen LogP contribution >= 0.6 is 0 Å². The highest BCUT2D eigenvalue weighted by molar-refractivity contribution is 5.79. The van der Waals surface area contributed by atoms with Gasteiger partial charge in [0.05, 0.1) is 0 Å². The maximum Gasteiger partial charge on any atom is 0.323 e. The number of nitrogens with two attached hydrogens (primary N) is 1. The Labute approximate surface area is 101 Å². The molecule has 0 aromatic rings. The first-order chi connectivity index (χ1) is 7.97. The monoisotopic (exact) mass is 243 g/mol. The highest BCUT2D eigenvalue weighted by Gasteiger charge is 2.43. The predicted molar refractivity (Wildman–Crippen MR) is 62.6 cm³/mol. The Bertz CT molecular complexity index is 292. The van der Waals surface area contributed by atoms with Gasteiger partial charge in [-0.05, 0) is 31.6 Å². The van der Waals surface area contributed by atoms with E-state index in [9.17, 15) is 14.7 Å². The number of hydrogen-bond acceptors (Lipinski definition) is 3. The lowest BCUT2D eigenvalue weighted by Gasteiger charge is -2.37. The summed E-state index contributed by atoms with van der Waals surface area (Å²) < 4.78 is 0. The molecule has 0 heterocycles. The van der Waals surface area contributed by atoms with E-state index in [1.165, 1.54) is 0 Å². The molecule has 0 aromatic carbocycles. The summed E-state index contributed by atoms with van der Waals surface area (Å²) >= 11 is 0. The lowest BCUT2D eigenvalue weighted by molar-refractivity contribution is -0.147. The second kappa shape index (κ2) is 6.00. The molecule has 1 aliphatic carbocycles. The number of carbonyl (C=O) groups is 2. The van der Waals surface area contributed by atoms with Crippen molar-refractivity contribution < 1.29 is 19.8 Å². The topological polar surface area (TPSA) is 101 Å². The lowest BCUT2D eigenvalue weighted by atomic mass is 9.71. The van der Waals surface area contributed by atoms with Crippen molar-refractivity contribution in [3.8, 4) is 0 Å². The zero-order valence-corrected chi connectivity index (χ0v) is 10.0. The van der Waals surface area contributed by atoms with Crippen LogP contribution in [0.1, 0.15) is 51.4 Å². The van der Waals surface area contributed by atoms with Crippen LogP contribution in [0.2, 0.25) is 0 Å². The molecule has 2 atom stereocenters. The molecule has 0 aromatic heterocycles. The van der Waals surface area contributed by atoms with Gasteiger partial charge in [0, 0.05) is 6.42 Å². The standard InChI is InChI=1S/C12H21NO4/c13-12(11(16)17)8-4-3-6-9(12)5-1-2-7-10(14)15/h9H,1-8,13H2,(H,14,15)(H,16,17). The Balaban J connectivity index is 2.43. The fourth-order valence-corrected chi connectivity index (χ4v) is 2.62. The smallest absolute Gasteiger partial charge is 0.323 e.